The third-order valence-corrected chi connectivity index (χ3v) is 4.88. The summed E-state index contributed by atoms with van der Waals surface area (Å²) in [6, 6.07) is 0.746. The lowest BCUT2D eigenvalue weighted by atomic mass is 9.82. The Hall–Kier alpha value is -0.0800. The minimum Gasteiger partial charge on any atom is -0.396 e. The fourth-order valence-electron chi connectivity index (χ4n) is 3.54. The van der Waals surface area contributed by atoms with Gasteiger partial charge < -0.3 is 10.0 Å². The molecule has 1 saturated carbocycles. The van der Waals surface area contributed by atoms with Crippen LogP contribution in [-0.2, 0) is 0 Å². The first-order chi connectivity index (χ1) is 8.54. The van der Waals surface area contributed by atoms with Crippen molar-refractivity contribution < 1.29 is 5.11 Å². The topological polar surface area (TPSA) is 23.5 Å². The number of aliphatic hydroxyl groups excluding tert-OH is 1. The van der Waals surface area contributed by atoms with Gasteiger partial charge in [-0.1, -0.05) is 33.6 Å². The molecule has 0 amide bonds. The molecule has 1 fully saturated rings. The predicted octanol–water partition coefficient (Wildman–Crippen LogP) is 3.69. The summed E-state index contributed by atoms with van der Waals surface area (Å²) in [6.07, 6.45) is 9.13. The molecule has 0 aromatic carbocycles. The van der Waals surface area contributed by atoms with E-state index in [1.165, 1.54) is 32.1 Å². The standard InChI is InChI=1S/C16H33NO/c1-5-11-16(3,13-18)12-17(4)15-9-7-14(6-2)8-10-15/h14-15,18H,5-13H2,1-4H3. The van der Waals surface area contributed by atoms with E-state index in [1.54, 1.807) is 0 Å². The third-order valence-electron chi connectivity index (χ3n) is 4.88. The van der Waals surface area contributed by atoms with Gasteiger partial charge in [-0.15, -0.1) is 0 Å². The Morgan fingerprint density at radius 1 is 1.17 bits per heavy atom. The third kappa shape index (κ3) is 4.55. The van der Waals surface area contributed by atoms with Crippen LogP contribution in [0.15, 0.2) is 0 Å². The number of hydrogen-bond donors (Lipinski definition) is 1. The van der Waals surface area contributed by atoms with Gasteiger partial charge in [-0.3, -0.25) is 0 Å². The van der Waals surface area contributed by atoms with Gasteiger partial charge in [0.1, 0.15) is 0 Å². The quantitative estimate of drug-likeness (QED) is 0.750. The van der Waals surface area contributed by atoms with Crippen LogP contribution in [-0.4, -0.2) is 36.2 Å². The molecule has 1 aliphatic rings. The van der Waals surface area contributed by atoms with Crippen LogP contribution < -0.4 is 0 Å². The SMILES string of the molecule is CCCC(C)(CO)CN(C)C1CCC(CC)CC1. The molecule has 1 atom stereocenters. The average molecular weight is 255 g/mol. The van der Waals surface area contributed by atoms with Crippen LogP contribution in [0.25, 0.3) is 0 Å². The van der Waals surface area contributed by atoms with E-state index in [0.29, 0.717) is 6.61 Å². The Balaban J connectivity index is 2.42. The van der Waals surface area contributed by atoms with E-state index in [0.717, 1.165) is 31.3 Å². The molecule has 0 aliphatic heterocycles. The molecule has 1 unspecified atom stereocenters. The summed E-state index contributed by atoms with van der Waals surface area (Å²) in [5, 5.41) is 9.62. The first-order valence-electron chi connectivity index (χ1n) is 7.85. The van der Waals surface area contributed by atoms with E-state index in [1.807, 2.05) is 0 Å². The molecule has 0 radical (unpaired) electrons. The van der Waals surface area contributed by atoms with E-state index in [4.69, 9.17) is 0 Å². The number of hydrogen-bond acceptors (Lipinski definition) is 2. The van der Waals surface area contributed by atoms with Crippen LogP contribution in [0.2, 0.25) is 0 Å². The summed E-state index contributed by atoms with van der Waals surface area (Å²) < 4.78 is 0. The average Bonchev–Trinajstić information content (AvgIpc) is 2.39. The summed E-state index contributed by atoms with van der Waals surface area (Å²) >= 11 is 0. The zero-order valence-corrected chi connectivity index (χ0v) is 12.9. The molecule has 0 heterocycles. The summed E-state index contributed by atoms with van der Waals surface area (Å²) in [5.41, 5.74) is 0.0884. The Morgan fingerprint density at radius 2 is 1.78 bits per heavy atom. The number of nitrogens with zero attached hydrogens (tertiary/aromatic N) is 1. The highest BCUT2D eigenvalue weighted by Gasteiger charge is 2.29. The fourth-order valence-corrected chi connectivity index (χ4v) is 3.54. The van der Waals surface area contributed by atoms with Gasteiger partial charge in [0.05, 0.1) is 0 Å². The maximum atomic E-state index is 9.62. The van der Waals surface area contributed by atoms with Gasteiger partial charge in [0, 0.05) is 24.6 Å². The molecule has 18 heavy (non-hydrogen) atoms. The molecule has 0 aromatic rings. The minimum atomic E-state index is 0.0884. The molecular formula is C16H33NO. The second-order valence-electron chi connectivity index (χ2n) is 6.72. The second-order valence-corrected chi connectivity index (χ2v) is 6.72. The molecule has 0 saturated heterocycles. The van der Waals surface area contributed by atoms with Crippen molar-refractivity contribution in [2.24, 2.45) is 11.3 Å². The van der Waals surface area contributed by atoms with Gasteiger partial charge in [0.15, 0.2) is 0 Å². The van der Waals surface area contributed by atoms with Crippen LogP contribution in [0.3, 0.4) is 0 Å². The highest BCUT2D eigenvalue weighted by Crippen LogP contribution is 2.31. The van der Waals surface area contributed by atoms with Crippen LogP contribution in [0.5, 0.6) is 0 Å². The Bertz CT molecular complexity index is 223. The highest BCUT2D eigenvalue weighted by molar-refractivity contribution is 4.83. The summed E-state index contributed by atoms with van der Waals surface area (Å²) in [4.78, 5) is 2.51. The van der Waals surface area contributed by atoms with Gasteiger partial charge in [0.2, 0.25) is 0 Å². The molecule has 0 spiro atoms. The second kappa shape index (κ2) is 7.49. The molecule has 2 nitrogen and oxygen atoms in total. The van der Waals surface area contributed by atoms with Crippen LogP contribution >= 0.6 is 0 Å². The lowest BCUT2D eigenvalue weighted by Crippen LogP contribution is -2.43. The van der Waals surface area contributed by atoms with Crippen LogP contribution in [0.4, 0.5) is 0 Å². The Morgan fingerprint density at radius 3 is 2.22 bits per heavy atom. The number of rotatable bonds is 7. The molecular weight excluding hydrogens is 222 g/mol. The lowest BCUT2D eigenvalue weighted by molar-refractivity contribution is 0.0588. The Kier molecular flexibility index (Phi) is 6.65. The van der Waals surface area contributed by atoms with Gasteiger partial charge in [-0.05, 0) is 45.1 Å². The first-order valence-corrected chi connectivity index (χ1v) is 7.85. The predicted molar refractivity (Wildman–Crippen MR) is 78.8 cm³/mol. The monoisotopic (exact) mass is 255 g/mol. The summed E-state index contributed by atoms with van der Waals surface area (Å²) in [7, 11) is 2.25. The smallest absolute Gasteiger partial charge is 0.0497 e. The van der Waals surface area contributed by atoms with E-state index in [9.17, 15) is 5.11 Å². The molecule has 108 valence electrons. The van der Waals surface area contributed by atoms with Gasteiger partial charge in [-0.2, -0.15) is 0 Å². The van der Waals surface area contributed by atoms with Gasteiger partial charge >= 0.3 is 0 Å². The Labute approximate surface area is 114 Å². The van der Waals surface area contributed by atoms with Crippen molar-refractivity contribution in [2.45, 2.75) is 71.8 Å². The molecule has 0 bridgehead atoms. The zero-order chi connectivity index (χ0) is 13.6. The van der Waals surface area contributed by atoms with Crippen molar-refractivity contribution in [2.75, 3.05) is 20.2 Å². The highest BCUT2D eigenvalue weighted by atomic mass is 16.3. The maximum absolute atomic E-state index is 9.62. The van der Waals surface area contributed by atoms with Gasteiger partial charge in [0.25, 0.3) is 0 Å². The van der Waals surface area contributed by atoms with Crippen LogP contribution in [0.1, 0.15) is 65.7 Å². The molecule has 1 rings (SSSR count). The largest absolute Gasteiger partial charge is 0.396 e. The summed E-state index contributed by atoms with van der Waals surface area (Å²) in [6.45, 7) is 8.11. The van der Waals surface area contributed by atoms with E-state index >= 15 is 0 Å². The molecule has 2 heteroatoms. The van der Waals surface area contributed by atoms with E-state index < -0.39 is 0 Å². The van der Waals surface area contributed by atoms with Crippen molar-refractivity contribution in [1.82, 2.24) is 4.90 Å². The van der Waals surface area contributed by atoms with Crippen molar-refractivity contribution in [3.05, 3.63) is 0 Å². The van der Waals surface area contributed by atoms with E-state index in [2.05, 4.69) is 32.7 Å². The lowest BCUT2D eigenvalue weighted by Gasteiger charge is -2.39. The van der Waals surface area contributed by atoms with Crippen molar-refractivity contribution >= 4 is 0 Å². The normalized spacial score (nSPS) is 28.3. The molecule has 0 aromatic heterocycles. The number of aliphatic hydroxyl groups is 1. The minimum absolute atomic E-state index is 0.0884. The first kappa shape index (κ1) is 16.0. The zero-order valence-electron chi connectivity index (χ0n) is 12.9. The summed E-state index contributed by atoms with van der Waals surface area (Å²) in [5.74, 6) is 0.967. The van der Waals surface area contributed by atoms with Crippen molar-refractivity contribution in [3.63, 3.8) is 0 Å². The van der Waals surface area contributed by atoms with Crippen LogP contribution in [0, 0.1) is 11.3 Å². The van der Waals surface area contributed by atoms with Crippen molar-refractivity contribution in [3.8, 4) is 0 Å². The van der Waals surface area contributed by atoms with Gasteiger partial charge in [-0.25, -0.2) is 0 Å². The maximum Gasteiger partial charge on any atom is 0.0497 e. The molecule has 1 aliphatic carbocycles. The van der Waals surface area contributed by atoms with E-state index in [-0.39, 0.29) is 5.41 Å². The van der Waals surface area contributed by atoms with Crippen molar-refractivity contribution in [1.29, 1.82) is 0 Å². The fraction of sp³-hybridized carbons (Fsp3) is 1.00. The molecule has 1 N–H and O–H groups in total.